The Morgan fingerprint density at radius 1 is 1.33 bits per heavy atom. The van der Waals surface area contributed by atoms with Crippen molar-refractivity contribution in [2.75, 3.05) is 6.61 Å². The topological polar surface area (TPSA) is 26.3 Å². The zero-order valence-corrected chi connectivity index (χ0v) is 7.10. The van der Waals surface area contributed by atoms with Crippen molar-refractivity contribution in [2.24, 2.45) is 0 Å². The summed E-state index contributed by atoms with van der Waals surface area (Å²) in [6, 6.07) is 5.41. The molecule has 0 spiro atoms. The Morgan fingerprint density at radius 2 is 2.17 bits per heavy atom. The van der Waals surface area contributed by atoms with Crippen LogP contribution < -0.4 is 0 Å². The van der Waals surface area contributed by atoms with Crippen LogP contribution in [0.25, 0.3) is 0 Å². The molecule has 0 atom stereocenters. The van der Waals surface area contributed by atoms with E-state index in [9.17, 15) is 4.79 Å². The number of benzene rings is 1. The van der Waals surface area contributed by atoms with Crippen LogP contribution in [-0.4, -0.2) is 12.4 Å². The Labute approximate surface area is 75.1 Å². The van der Waals surface area contributed by atoms with Gasteiger partial charge in [-0.25, -0.2) is 0 Å². The van der Waals surface area contributed by atoms with Crippen LogP contribution in [0.1, 0.15) is 15.9 Å². The van der Waals surface area contributed by atoms with Crippen molar-refractivity contribution in [2.45, 2.75) is 6.61 Å². The SMILES string of the molecule is O=C1COCc2cccc(Cl)c21. The summed E-state index contributed by atoms with van der Waals surface area (Å²) >= 11 is 5.86. The first kappa shape index (κ1) is 7.77. The van der Waals surface area contributed by atoms with E-state index in [0.717, 1.165) is 5.56 Å². The zero-order valence-electron chi connectivity index (χ0n) is 6.34. The quantitative estimate of drug-likeness (QED) is 0.614. The van der Waals surface area contributed by atoms with Crippen LogP contribution in [0.3, 0.4) is 0 Å². The van der Waals surface area contributed by atoms with Crippen LogP contribution in [0.4, 0.5) is 0 Å². The van der Waals surface area contributed by atoms with Gasteiger partial charge in [0, 0.05) is 5.56 Å². The number of rotatable bonds is 0. The smallest absolute Gasteiger partial charge is 0.190 e. The van der Waals surface area contributed by atoms with Crippen molar-refractivity contribution >= 4 is 17.4 Å². The summed E-state index contributed by atoms with van der Waals surface area (Å²) in [6.45, 7) is 0.637. The first-order chi connectivity index (χ1) is 5.79. The van der Waals surface area contributed by atoms with E-state index in [2.05, 4.69) is 0 Å². The molecule has 1 heterocycles. The lowest BCUT2D eigenvalue weighted by Crippen LogP contribution is -2.18. The molecule has 2 nitrogen and oxygen atoms in total. The maximum atomic E-state index is 11.3. The van der Waals surface area contributed by atoms with Crippen molar-refractivity contribution in [3.05, 3.63) is 34.3 Å². The molecule has 1 aromatic carbocycles. The summed E-state index contributed by atoms with van der Waals surface area (Å²) in [7, 11) is 0. The average molecular weight is 183 g/mol. The maximum absolute atomic E-state index is 11.3. The van der Waals surface area contributed by atoms with Gasteiger partial charge in [-0.15, -0.1) is 0 Å². The van der Waals surface area contributed by atoms with Gasteiger partial charge >= 0.3 is 0 Å². The highest BCUT2D eigenvalue weighted by molar-refractivity contribution is 6.34. The highest BCUT2D eigenvalue weighted by atomic mass is 35.5. The van der Waals surface area contributed by atoms with E-state index in [4.69, 9.17) is 16.3 Å². The monoisotopic (exact) mass is 182 g/mol. The summed E-state index contributed by atoms with van der Waals surface area (Å²) in [5.74, 6) is -0.0261. The van der Waals surface area contributed by atoms with E-state index in [1.807, 2.05) is 12.1 Å². The third-order valence-electron chi connectivity index (χ3n) is 1.87. The van der Waals surface area contributed by atoms with E-state index in [0.29, 0.717) is 17.2 Å². The van der Waals surface area contributed by atoms with Gasteiger partial charge in [0.05, 0.1) is 11.6 Å². The first-order valence-electron chi connectivity index (χ1n) is 3.67. The second kappa shape index (κ2) is 2.88. The fraction of sp³-hybridized carbons (Fsp3) is 0.222. The Kier molecular flexibility index (Phi) is 1.87. The number of carbonyl (C=O) groups excluding carboxylic acids is 1. The van der Waals surface area contributed by atoms with Crippen LogP contribution in [0.15, 0.2) is 18.2 Å². The fourth-order valence-electron chi connectivity index (χ4n) is 1.33. The van der Waals surface area contributed by atoms with Gasteiger partial charge < -0.3 is 4.74 Å². The normalized spacial score (nSPS) is 15.9. The second-order valence-electron chi connectivity index (χ2n) is 2.69. The summed E-state index contributed by atoms with van der Waals surface area (Å²) < 4.78 is 5.06. The Bertz CT molecular complexity index is 333. The summed E-state index contributed by atoms with van der Waals surface area (Å²) in [6.07, 6.45) is 0. The van der Waals surface area contributed by atoms with Gasteiger partial charge in [-0.3, -0.25) is 4.79 Å². The van der Waals surface area contributed by atoms with Gasteiger partial charge in [-0.05, 0) is 11.6 Å². The molecule has 0 N–H and O–H groups in total. The summed E-state index contributed by atoms with van der Waals surface area (Å²) in [5, 5.41) is 0.529. The Morgan fingerprint density at radius 3 is 2.92 bits per heavy atom. The number of carbonyl (C=O) groups is 1. The predicted octanol–water partition coefficient (Wildman–Crippen LogP) is 2.05. The molecular weight excluding hydrogens is 176 g/mol. The number of fused-ring (bicyclic) bond motifs is 1. The largest absolute Gasteiger partial charge is 0.369 e. The molecule has 0 unspecified atom stereocenters. The van der Waals surface area contributed by atoms with E-state index < -0.39 is 0 Å². The lowest BCUT2D eigenvalue weighted by atomic mass is 10.0. The van der Waals surface area contributed by atoms with Crippen LogP contribution in [-0.2, 0) is 11.3 Å². The van der Waals surface area contributed by atoms with Crippen molar-refractivity contribution in [1.29, 1.82) is 0 Å². The molecule has 12 heavy (non-hydrogen) atoms. The molecule has 2 rings (SSSR count). The average Bonchev–Trinajstić information content (AvgIpc) is 2.04. The van der Waals surface area contributed by atoms with Crippen molar-refractivity contribution in [3.63, 3.8) is 0 Å². The standard InChI is InChI=1S/C9H7ClO2/c10-7-3-1-2-6-4-12-5-8(11)9(6)7/h1-3H,4-5H2. The van der Waals surface area contributed by atoms with Gasteiger partial charge in [0.2, 0.25) is 0 Å². The zero-order chi connectivity index (χ0) is 8.55. The molecule has 1 aliphatic heterocycles. The van der Waals surface area contributed by atoms with Gasteiger partial charge in [0.1, 0.15) is 6.61 Å². The molecule has 3 heteroatoms. The Hall–Kier alpha value is -0.860. The van der Waals surface area contributed by atoms with Crippen LogP contribution in [0.5, 0.6) is 0 Å². The van der Waals surface area contributed by atoms with Crippen LogP contribution in [0.2, 0.25) is 5.02 Å². The molecule has 0 aliphatic carbocycles. The molecule has 1 aliphatic rings. The van der Waals surface area contributed by atoms with Gasteiger partial charge in [0.25, 0.3) is 0 Å². The number of hydrogen-bond donors (Lipinski definition) is 0. The second-order valence-corrected chi connectivity index (χ2v) is 3.10. The summed E-state index contributed by atoms with van der Waals surface area (Å²) in [4.78, 5) is 11.3. The van der Waals surface area contributed by atoms with Crippen LogP contribution in [0, 0.1) is 0 Å². The minimum Gasteiger partial charge on any atom is -0.369 e. The Balaban J connectivity index is 2.60. The molecule has 0 saturated heterocycles. The lowest BCUT2D eigenvalue weighted by Gasteiger charge is -2.15. The lowest BCUT2D eigenvalue weighted by molar-refractivity contribution is 0.0666. The maximum Gasteiger partial charge on any atom is 0.190 e. The molecule has 62 valence electrons. The number of halogens is 1. The van der Waals surface area contributed by atoms with Crippen LogP contribution >= 0.6 is 11.6 Å². The van der Waals surface area contributed by atoms with E-state index in [1.54, 1.807) is 6.07 Å². The molecule has 0 bridgehead atoms. The van der Waals surface area contributed by atoms with Gasteiger partial charge in [-0.2, -0.15) is 0 Å². The highest BCUT2D eigenvalue weighted by Crippen LogP contribution is 2.24. The van der Waals surface area contributed by atoms with Crippen molar-refractivity contribution < 1.29 is 9.53 Å². The van der Waals surface area contributed by atoms with Crippen molar-refractivity contribution in [1.82, 2.24) is 0 Å². The molecule has 0 saturated carbocycles. The number of ketones is 1. The summed E-state index contributed by atoms with van der Waals surface area (Å²) in [5.41, 5.74) is 1.52. The third kappa shape index (κ3) is 1.13. The molecular formula is C9H7ClO2. The molecule has 1 aromatic rings. The highest BCUT2D eigenvalue weighted by Gasteiger charge is 2.19. The first-order valence-corrected chi connectivity index (χ1v) is 4.05. The predicted molar refractivity (Wildman–Crippen MR) is 45.4 cm³/mol. The number of ether oxygens (including phenoxy) is 1. The van der Waals surface area contributed by atoms with E-state index in [1.165, 1.54) is 0 Å². The minimum atomic E-state index is -0.0261. The van der Waals surface area contributed by atoms with Gasteiger partial charge in [0.15, 0.2) is 5.78 Å². The van der Waals surface area contributed by atoms with Crippen molar-refractivity contribution in [3.8, 4) is 0 Å². The molecule has 0 radical (unpaired) electrons. The molecule has 0 fully saturated rings. The van der Waals surface area contributed by atoms with E-state index in [-0.39, 0.29) is 12.4 Å². The molecule has 0 aromatic heterocycles. The fourth-order valence-corrected chi connectivity index (χ4v) is 1.63. The minimum absolute atomic E-state index is 0.0261. The van der Waals surface area contributed by atoms with Gasteiger partial charge in [-0.1, -0.05) is 23.7 Å². The number of Topliss-reactive ketones (excluding diaryl/α,β-unsaturated/α-hetero) is 1. The number of hydrogen-bond acceptors (Lipinski definition) is 2. The molecule has 0 amide bonds. The van der Waals surface area contributed by atoms with E-state index >= 15 is 0 Å². The third-order valence-corrected chi connectivity index (χ3v) is 2.18.